The van der Waals surface area contributed by atoms with Gasteiger partial charge in [-0.15, -0.1) is 0 Å². The van der Waals surface area contributed by atoms with Gasteiger partial charge >= 0.3 is 19.5 Å². The van der Waals surface area contributed by atoms with E-state index >= 15 is 0 Å². The van der Waals surface area contributed by atoms with Crippen molar-refractivity contribution in [1.82, 2.24) is 10.3 Å². The van der Waals surface area contributed by atoms with Crippen LogP contribution in [0.4, 0.5) is 0 Å². The van der Waals surface area contributed by atoms with E-state index in [9.17, 15) is 0 Å². The molecule has 1 heterocycles. The Morgan fingerprint density at radius 1 is 0.862 bits per heavy atom. The smallest absolute Gasteiger partial charge is 1.00 e. The average molecular weight is 497 g/mol. The van der Waals surface area contributed by atoms with Crippen LogP contribution in [0.1, 0.15) is 30.1 Å². The fourth-order valence-electron chi connectivity index (χ4n) is 3.78. The minimum Gasteiger partial charge on any atom is -1.00 e. The van der Waals surface area contributed by atoms with E-state index in [-0.39, 0.29) is 52.2 Å². The predicted molar refractivity (Wildman–Crippen MR) is 112 cm³/mol. The molecule has 29 heavy (non-hydrogen) atoms. The standard InChI is InChI=1S/C23H25N2P.2ClH.Zn/c1-3-11-20(12-4-1)26(21-13-5-2-6-14-21)18-17-24-22-15-7-9-19-10-8-16-25-23(19)22;;;/h1-6,8,10-14,16,22,24H,7,9,15,17-18H2;2*1H;/q;;;+2/p-2. The van der Waals surface area contributed by atoms with Crippen molar-refractivity contribution in [2.45, 2.75) is 25.3 Å². The Labute approximate surface area is 200 Å². The molecule has 4 rings (SSSR count). The molecule has 1 atom stereocenters. The van der Waals surface area contributed by atoms with Gasteiger partial charge in [-0.05, 0) is 55.6 Å². The maximum Gasteiger partial charge on any atom is 2.00 e. The number of aromatic nitrogens is 1. The third kappa shape index (κ3) is 6.85. The molecular weight excluding hydrogens is 472 g/mol. The van der Waals surface area contributed by atoms with Crippen LogP contribution in [0.15, 0.2) is 79.0 Å². The zero-order chi connectivity index (χ0) is 17.6. The molecule has 2 aromatic carbocycles. The summed E-state index contributed by atoms with van der Waals surface area (Å²) in [6.07, 6.45) is 6.70. The molecule has 0 spiro atoms. The summed E-state index contributed by atoms with van der Waals surface area (Å²) in [6.45, 7) is 1.02. The van der Waals surface area contributed by atoms with E-state index in [4.69, 9.17) is 0 Å². The van der Waals surface area contributed by atoms with E-state index in [0.717, 1.165) is 12.7 Å². The first-order valence-corrected chi connectivity index (χ1v) is 11.0. The molecule has 0 radical (unpaired) electrons. The maximum atomic E-state index is 4.66. The normalized spacial score (nSPS) is 14.7. The summed E-state index contributed by atoms with van der Waals surface area (Å²) in [4.78, 5) is 4.66. The van der Waals surface area contributed by atoms with Crippen molar-refractivity contribution >= 4 is 18.5 Å². The number of nitrogens with zero attached hydrogens (tertiary/aromatic N) is 1. The SMILES string of the molecule is [Cl-].[Cl-].[Zn+2].c1ccc(P(CCNC2CCCc3cccnc32)c2ccccc2)cc1. The second kappa shape index (κ2) is 13.5. The summed E-state index contributed by atoms with van der Waals surface area (Å²) >= 11 is 0. The minimum absolute atomic E-state index is 0. The first-order chi connectivity index (χ1) is 12.9. The number of hydrogen-bond donors (Lipinski definition) is 1. The summed E-state index contributed by atoms with van der Waals surface area (Å²) in [5.41, 5.74) is 2.69. The number of nitrogens with one attached hydrogen (secondary N) is 1. The maximum absolute atomic E-state index is 4.66. The molecule has 0 bridgehead atoms. The third-order valence-electron chi connectivity index (χ3n) is 5.06. The zero-order valence-corrected chi connectivity index (χ0v) is 21.8. The molecule has 1 N–H and O–H groups in total. The molecule has 1 aliphatic carbocycles. The van der Waals surface area contributed by atoms with Crippen LogP contribution in [0.3, 0.4) is 0 Å². The van der Waals surface area contributed by atoms with Gasteiger partial charge in [-0.25, -0.2) is 0 Å². The molecule has 6 heteroatoms. The van der Waals surface area contributed by atoms with Gasteiger partial charge in [0.25, 0.3) is 0 Å². The van der Waals surface area contributed by atoms with Crippen molar-refractivity contribution in [2.24, 2.45) is 0 Å². The predicted octanol–water partition coefficient (Wildman–Crippen LogP) is -1.81. The van der Waals surface area contributed by atoms with E-state index < -0.39 is 0 Å². The van der Waals surface area contributed by atoms with Crippen LogP contribution in [0.25, 0.3) is 0 Å². The van der Waals surface area contributed by atoms with Gasteiger partial charge in [0.1, 0.15) is 0 Å². The van der Waals surface area contributed by atoms with Gasteiger partial charge in [-0.1, -0.05) is 66.7 Å². The number of rotatable bonds is 6. The third-order valence-corrected chi connectivity index (χ3v) is 7.57. The van der Waals surface area contributed by atoms with Crippen LogP contribution in [0.5, 0.6) is 0 Å². The number of pyridine rings is 1. The number of aryl methyl sites for hydroxylation is 1. The summed E-state index contributed by atoms with van der Waals surface area (Å²) in [7, 11) is -0.328. The fourth-order valence-corrected chi connectivity index (χ4v) is 6.01. The van der Waals surface area contributed by atoms with Crippen LogP contribution in [0.2, 0.25) is 0 Å². The van der Waals surface area contributed by atoms with Gasteiger partial charge < -0.3 is 30.1 Å². The van der Waals surface area contributed by atoms with Gasteiger partial charge in [0.05, 0.1) is 5.69 Å². The van der Waals surface area contributed by atoms with Crippen molar-refractivity contribution in [3.63, 3.8) is 0 Å². The quantitative estimate of drug-likeness (QED) is 0.322. The van der Waals surface area contributed by atoms with E-state index in [1.807, 2.05) is 6.20 Å². The Hall–Kier alpha value is -0.817. The molecule has 1 unspecified atom stereocenters. The van der Waals surface area contributed by atoms with Gasteiger partial charge in [0.2, 0.25) is 0 Å². The van der Waals surface area contributed by atoms with Crippen LogP contribution >= 0.6 is 7.92 Å². The molecule has 1 aromatic heterocycles. The number of fused-ring (bicyclic) bond motifs is 1. The molecule has 0 saturated carbocycles. The number of hydrogen-bond acceptors (Lipinski definition) is 2. The molecule has 2 nitrogen and oxygen atoms in total. The topological polar surface area (TPSA) is 24.9 Å². The van der Waals surface area contributed by atoms with Crippen molar-refractivity contribution in [2.75, 3.05) is 12.7 Å². The summed E-state index contributed by atoms with van der Waals surface area (Å²) < 4.78 is 0. The monoisotopic (exact) mass is 494 g/mol. The van der Waals surface area contributed by atoms with E-state index in [0.29, 0.717) is 6.04 Å². The van der Waals surface area contributed by atoms with E-state index in [1.54, 1.807) is 0 Å². The molecule has 0 aliphatic heterocycles. The van der Waals surface area contributed by atoms with Crippen LogP contribution in [0, 0.1) is 0 Å². The summed E-state index contributed by atoms with van der Waals surface area (Å²) in [5.74, 6) is 0. The second-order valence-corrected chi connectivity index (χ2v) is 9.11. The Kier molecular flexibility index (Phi) is 12.2. The molecule has 148 valence electrons. The van der Waals surface area contributed by atoms with Crippen LogP contribution < -0.4 is 40.7 Å². The number of halogens is 2. The number of benzene rings is 2. The van der Waals surface area contributed by atoms with Gasteiger partial charge in [0.15, 0.2) is 0 Å². The molecule has 3 aromatic rings. The van der Waals surface area contributed by atoms with Crippen molar-refractivity contribution in [3.05, 3.63) is 90.3 Å². The minimum atomic E-state index is -0.328. The Morgan fingerprint density at radius 2 is 1.48 bits per heavy atom. The van der Waals surface area contributed by atoms with Crippen molar-refractivity contribution in [3.8, 4) is 0 Å². The molecule has 0 saturated heterocycles. The largest absolute Gasteiger partial charge is 2.00 e. The molecule has 1 aliphatic rings. The van der Waals surface area contributed by atoms with Crippen molar-refractivity contribution < 1.29 is 44.3 Å². The average Bonchev–Trinajstić information content (AvgIpc) is 2.72. The van der Waals surface area contributed by atoms with Crippen LogP contribution in [-0.4, -0.2) is 17.7 Å². The zero-order valence-electron chi connectivity index (χ0n) is 16.5. The van der Waals surface area contributed by atoms with E-state index in [1.165, 1.54) is 41.1 Å². The van der Waals surface area contributed by atoms with Crippen LogP contribution in [-0.2, 0) is 25.9 Å². The Bertz CT molecular complexity index is 797. The second-order valence-electron chi connectivity index (χ2n) is 6.77. The van der Waals surface area contributed by atoms with Crippen molar-refractivity contribution in [1.29, 1.82) is 0 Å². The van der Waals surface area contributed by atoms with Gasteiger partial charge in [-0.2, -0.15) is 0 Å². The first-order valence-electron chi connectivity index (χ1n) is 9.46. The molecule has 0 fully saturated rings. The summed E-state index contributed by atoms with van der Waals surface area (Å²) in [5, 5.41) is 6.71. The Balaban J connectivity index is 0.00000140. The van der Waals surface area contributed by atoms with E-state index in [2.05, 4.69) is 83.1 Å². The molecular formula is C23H25Cl2N2PZn. The first kappa shape index (κ1) is 26.2. The Morgan fingerprint density at radius 3 is 2.10 bits per heavy atom. The summed E-state index contributed by atoms with van der Waals surface area (Å²) in [6, 6.07) is 26.6. The fraction of sp³-hybridized carbons (Fsp3) is 0.261. The van der Waals surface area contributed by atoms with Gasteiger partial charge in [-0.3, -0.25) is 4.98 Å². The molecule has 0 amide bonds. The van der Waals surface area contributed by atoms with Gasteiger partial charge in [0, 0.05) is 18.8 Å².